The molecule has 0 unspecified atom stereocenters. The summed E-state index contributed by atoms with van der Waals surface area (Å²) < 4.78 is 20.0. The number of aliphatic hydroxyl groups excluding tert-OH is 2. The first-order chi connectivity index (χ1) is 17.0. The zero-order valence-electron chi connectivity index (χ0n) is 21.4. The molecule has 8 heteroatoms. The van der Waals surface area contributed by atoms with Gasteiger partial charge < -0.3 is 24.1 Å². The Morgan fingerprint density at radius 1 is 0.944 bits per heavy atom. The highest BCUT2D eigenvalue weighted by Gasteiger charge is 2.53. The first-order valence-electron chi connectivity index (χ1n) is 12.2. The lowest BCUT2D eigenvalue weighted by atomic mass is 10.0. The second kappa shape index (κ2) is 10.8. The zero-order chi connectivity index (χ0) is 26.1. The molecular formula is C28H35BrO5SSi. The van der Waals surface area contributed by atoms with E-state index in [-0.39, 0.29) is 11.6 Å². The number of ether oxygens (including phenoxy) is 2. The molecule has 4 rings (SSSR count). The van der Waals surface area contributed by atoms with E-state index in [2.05, 4.69) is 61.0 Å². The Labute approximate surface area is 227 Å². The van der Waals surface area contributed by atoms with Gasteiger partial charge >= 0.3 is 0 Å². The summed E-state index contributed by atoms with van der Waals surface area (Å²) in [5.41, 5.74) is 0. The zero-order valence-corrected chi connectivity index (χ0v) is 24.8. The van der Waals surface area contributed by atoms with E-state index in [9.17, 15) is 10.2 Å². The third-order valence-electron chi connectivity index (χ3n) is 6.65. The standard InChI is InChI=1S/C28H35BrO5SSi/c1-27(2,3)36(19-12-8-6-9-13-19,20-14-10-7-11-15-20)32-18-22(30)24-25(34-28(4,5)33-24)23(31)26-21(29)16-17-35-26/h6-17,22-25,30-31H,18H2,1-5H3/t22-,23+,24-,25+/m1/s1. The van der Waals surface area contributed by atoms with E-state index in [0.29, 0.717) is 0 Å². The monoisotopic (exact) mass is 590 g/mol. The van der Waals surface area contributed by atoms with E-state index in [0.717, 1.165) is 19.7 Å². The van der Waals surface area contributed by atoms with Crippen molar-refractivity contribution in [3.05, 3.63) is 81.5 Å². The lowest BCUT2D eigenvalue weighted by Crippen LogP contribution is -2.67. The molecule has 1 aliphatic heterocycles. The second-order valence-electron chi connectivity index (χ2n) is 10.7. The van der Waals surface area contributed by atoms with E-state index in [1.54, 1.807) is 13.8 Å². The fourth-order valence-corrected chi connectivity index (χ4v) is 11.3. The number of thiophene rings is 1. The molecule has 0 amide bonds. The molecule has 1 saturated heterocycles. The molecule has 2 heterocycles. The topological polar surface area (TPSA) is 68.2 Å². The Bertz CT molecular complexity index is 1090. The highest BCUT2D eigenvalue weighted by Crippen LogP contribution is 2.41. The number of hydrogen-bond donors (Lipinski definition) is 2. The molecular weight excluding hydrogens is 556 g/mol. The molecule has 3 aromatic rings. The number of rotatable bonds is 8. The van der Waals surface area contributed by atoms with Gasteiger partial charge in [-0.3, -0.25) is 0 Å². The van der Waals surface area contributed by atoms with Gasteiger partial charge in [-0.05, 0) is 56.6 Å². The molecule has 2 N–H and O–H groups in total. The number of hydrogen-bond acceptors (Lipinski definition) is 6. The predicted molar refractivity (Wildman–Crippen MR) is 150 cm³/mol. The van der Waals surface area contributed by atoms with Crippen molar-refractivity contribution in [3.63, 3.8) is 0 Å². The number of halogens is 1. The minimum absolute atomic E-state index is 0.0478. The van der Waals surface area contributed by atoms with Gasteiger partial charge in [-0.2, -0.15) is 0 Å². The Balaban J connectivity index is 1.66. The molecule has 5 nitrogen and oxygen atoms in total. The molecule has 0 spiro atoms. The summed E-state index contributed by atoms with van der Waals surface area (Å²) in [6.45, 7) is 10.2. The third kappa shape index (κ3) is 5.42. The molecule has 0 aliphatic carbocycles. The summed E-state index contributed by atoms with van der Waals surface area (Å²) in [6, 6.07) is 22.5. The molecule has 1 aliphatic rings. The first-order valence-corrected chi connectivity index (χ1v) is 15.7. The summed E-state index contributed by atoms with van der Waals surface area (Å²) in [5, 5.41) is 26.6. The minimum atomic E-state index is -2.83. The van der Waals surface area contributed by atoms with Crippen molar-refractivity contribution in [1.82, 2.24) is 0 Å². The molecule has 194 valence electrons. The van der Waals surface area contributed by atoms with Crippen molar-refractivity contribution in [2.75, 3.05) is 6.61 Å². The van der Waals surface area contributed by atoms with Crippen LogP contribution in [-0.2, 0) is 13.9 Å². The maximum Gasteiger partial charge on any atom is 0.261 e. The van der Waals surface area contributed by atoms with Crippen LogP contribution in [0.2, 0.25) is 5.04 Å². The predicted octanol–water partition coefficient (Wildman–Crippen LogP) is 5.00. The quantitative estimate of drug-likeness (QED) is 0.361. The molecule has 36 heavy (non-hydrogen) atoms. The molecule has 4 atom stereocenters. The van der Waals surface area contributed by atoms with Crippen molar-refractivity contribution < 1.29 is 24.1 Å². The van der Waals surface area contributed by atoms with Gasteiger partial charge in [0.15, 0.2) is 5.79 Å². The van der Waals surface area contributed by atoms with Crippen LogP contribution in [0, 0.1) is 0 Å². The maximum absolute atomic E-state index is 11.5. The van der Waals surface area contributed by atoms with Gasteiger partial charge in [-0.25, -0.2) is 0 Å². The van der Waals surface area contributed by atoms with Crippen molar-refractivity contribution in [2.24, 2.45) is 0 Å². The van der Waals surface area contributed by atoms with E-state index >= 15 is 0 Å². The smallest absolute Gasteiger partial charge is 0.261 e. The first kappa shape index (κ1) is 27.7. The van der Waals surface area contributed by atoms with Gasteiger partial charge in [0, 0.05) is 4.47 Å². The SMILES string of the molecule is CC1(C)O[C@@H]([C@H](O)c2sccc2Br)[C@@H]([C@H](O)CO[Si](c2ccccc2)(c2ccccc2)C(C)(C)C)O1. The summed E-state index contributed by atoms with van der Waals surface area (Å²) in [4.78, 5) is 0.742. The Morgan fingerprint density at radius 2 is 1.47 bits per heavy atom. The molecule has 0 saturated carbocycles. The fourth-order valence-electron chi connectivity index (χ4n) is 5.09. The summed E-state index contributed by atoms with van der Waals surface area (Å²) in [6.07, 6.45) is -3.46. The molecule has 0 bridgehead atoms. The number of benzene rings is 2. The average molecular weight is 592 g/mol. The Hall–Kier alpha value is -1.36. The summed E-state index contributed by atoms with van der Waals surface area (Å²) in [5.74, 6) is -0.946. The van der Waals surface area contributed by atoms with Crippen LogP contribution in [0.15, 0.2) is 76.6 Å². The van der Waals surface area contributed by atoms with Crippen LogP contribution < -0.4 is 10.4 Å². The van der Waals surface area contributed by atoms with Crippen LogP contribution in [-0.4, -0.2) is 49.2 Å². The van der Waals surface area contributed by atoms with Gasteiger partial charge in [-0.15, -0.1) is 11.3 Å². The van der Waals surface area contributed by atoms with Gasteiger partial charge in [-0.1, -0.05) is 81.4 Å². The highest BCUT2D eigenvalue weighted by molar-refractivity contribution is 9.10. The molecule has 0 radical (unpaired) electrons. The molecule has 1 fully saturated rings. The fraction of sp³-hybridized carbons (Fsp3) is 0.429. The average Bonchev–Trinajstić information content (AvgIpc) is 3.41. The van der Waals surface area contributed by atoms with Crippen LogP contribution in [0.3, 0.4) is 0 Å². The second-order valence-corrected chi connectivity index (χ2v) is 16.8. The Kier molecular flexibility index (Phi) is 8.29. The van der Waals surface area contributed by atoms with Gasteiger partial charge in [0.1, 0.15) is 24.4 Å². The molecule has 1 aromatic heterocycles. The minimum Gasteiger partial charge on any atom is -0.405 e. The van der Waals surface area contributed by atoms with Crippen molar-refractivity contribution in [1.29, 1.82) is 0 Å². The van der Waals surface area contributed by atoms with E-state index in [4.69, 9.17) is 13.9 Å². The normalized spacial score (nSPS) is 21.9. The summed E-state index contributed by atoms with van der Waals surface area (Å²) in [7, 11) is -2.83. The lowest BCUT2D eigenvalue weighted by molar-refractivity contribution is -0.161. The van der Waals surface area contributed by atoms with Gasteiger partial charge in [0.05, 0.1) is 11.5 Å². The largest absolute Gasteiger partial charge is 0.405 e. The van der Waals surface area contributed by atoms with Gasteiger partial charge in [0.2, 0.25) is 0 Å². The Morgan fingerprint density at radius 3 is 1.94 bits per heavy atom. The van der Waals surface area contributed by atoms with Gasteiger partial charge in [0.25, 0.3) is 8.32 Å². The van der Waals surface area contributed by atoms with Crippen LogP contribution in [0.25, 0.3) is 0 Å². The van der Waals surface area contributed by atoms with Crippen LogP contribution in [0.5, 0.6) is 0 Å². The maximum atomic E-state index is 11.5. The number of aliphatic hydroxyl groups is 2. The summed E-state index contributed by atoms with van der Waals surface area (Å²) >= 11 is 4.94. The van der Waals surface area contributed by atoms with Crippen molar-refractivity contribution >= 4 is 46.0 Å². The van der Waals surface area contributed by atoms with E-state index in [1.165, 1.54) is 11.3 Å². The lowest BCUT2D eigenvalue weighted by Gasteiger charge is -2.43. The highest BCUT2D eigenvalue weighted by atomic mass is 79.9. The van der Waals surface area contributed by atoms with E-state index in [1.807, 2.05) is 47.8 Å². The van der Waals surface area contributed by atoms with Crippen molar-refractivity contribution in [3.8, 4) is 0 Å². The molecule has 2 aromatic carbocycles. The van der Waals surface area contributed by atoms with Crippen LogP contribution >= 0.6 is 27.3 Å². The van der Waals surface area contributed by atoms with Crippen molar-refractivity contribution in [2.45, 2.75) is 69.9 Å². The van der Waals surface area contributed by atoms with Crippen LogP contribution in [0.1, 0.15) is 45.6 Å². The van der Waals surface area contributed by atoms with E-state index < -0.39 is 38.5 Å². The van der Waals surface area contributed by atoms with Crippen LogP contribution in [0.4, 0.5) is 0 Å². The third-order valence-corrected chi connectivity index (χ3v) is 13.6.